The van der Waals surface area contributed by atoms with Crippen molar-refractivity contribution in [3.8, 4) is 0 Å². The van der Waals surface area contributed by atoms with E-state index in [1.807, 2.05) is 6.92 Å². The maximum atomic E-state index is 12.8. The van der Waals surface area contributed by atoms with Crippen LogP contribution in [0.2, 0.25) is 0 Å². The van der Waals surface area contributed by atoms with Crippen LogP contribution in [0.3, 0.4) is 0 Å². The lowest BCUT2D eigenvalue weighted by atomic mass is 9.76. The molecule has 0 aromatic heterocycles. The minimum Gasteiger partial charge on any atom is -0.462 e. The van der Waals surface area contributed by atoms with Crippen LogP contribution in [0, 0.1) is 17.8 Å². The van der Waals surface area contributed by atoms with Gasteiger partial charge in [0.1, 0.15) is 36.1 Å². The first-order chi connectivity index (χ1) is 14.6. The number of hydrogen-bond donors (Lipinski definition) is 1. The number of aliphatic hydroxyl groups excluding tert-OH is 1. The number of esters is 3. The molecule has 1 N–H and O–H groups in total. The Hall–Kier alpha value is -2.23. The quantitative estimate of drug-likeness (QED) is 0.290. The molecule has 0 radical (unpaired) electrons. The fourth-order valence-corrected chi connectivity index (χ4v) is 5.90. The van der Waals surface area contributed by atoms with Crippen LogP contribution in [-0.2, 0) is 38.1 Å². The highest BCUT2D eigenvalue weighted by Crippen LogP contribution is 2.67. The topological polar surface area (TPSA) is 124 Å². The first kappa shape index (κ1) is 20.7. The van der Waals surface area contributed by atoms with Gasteiger partial charge in [0.25, 0.3) is 0 Å². The Morgan fingerprint density at radius 1 is 1.32 bits per heavy atom. The van der Waals surface area contributed by atoms with Gasteiger partial charge in [0.15, 0.2) is 0 Å². The molecule has 0 aromatic rings. The van der Waals surface area contributed by atoms with E-state index >= 15 is 0 Å². The van der Waals surface area contributed by atoms with E-state index in [-0.39, 0.29) is 35.7 Å². The van der Waals surface area contributed by atoms with Crippen LogP contribution in [0.4, 0.5) is 0 Å². The summed E-state index contributed by atoms with van der Waals surface area (Å²) < 4.78 is 28.1. The van der Waals surface area contributed by atoms with Crippen molar-refractivity contribution in [1.29, 1.82) is 0 Å². The molecule has 5 rings (SSSR count). The number of carbonyl (C=O) groups excluding carboxylic acids is 3. The molecule has 3 saturated heterocycles. The number of hydrogen-bond acceptors (Lipinski definition) is 9. The molecule has 31 heavy (non-hydrogen) atoms. The smallest absolute Gasteiger partial charge is 0.334 e. The number of epoxide rings is 2. The summed E-state index contributed by atoms with van der Waals surface area (Å²) in [5.41, 5.74) is -0.735. The molecule has 1 spiro atoms. The molecule has 3 aliphatic heterocycles. The van der Waals surface area contributed by atoms with E-state index < -0.39 is 53.3 Å². The molecular formula is C22H26O9. The summed E-state index contributed by atoms with van der Waals surface area (Å²) in [6.07, 6.45) is -0.603. The summed E-state index contributed by atoms with van der Waals surface area (Å²) in [5.74, 6) is -2.68. The average Bonchev–Trinajstić information content (AvgIpc) is 3.57. The molecule has 2 saturated carbocycles. The van der Waals surface area contributed by atoms with Crippen LogP contribution in [0.5, 0.6) is 0 Å². The molecule has 1 unspecified atom stereocenters. The van der Waals surface area contributed by atoms with Crippen LogP contribution >= 0.6 is 0 Å². The third kappa shape index (κ3) is 2.97. The molecule has 3 heterocycles. The van der Waals surface area contributed by atoms with Crippen LogP contribution in [0.25, 0.3) is 0 Å². The molecular weight excluding hydrogens is 408 g/mol. The van der Waals surface area contributed by atoms with Crippen molar-refractivity contribution in [3.05, 3.63) is 23.8 Å². The second kappa shape index (κ2) is 6.63. The third-order valence-electron chi connectivity index (χ3n) is 7.56. The zero-order valence-electron chi connectivity index (χ0n) is 17.7. The van der Waals surface area contributed by atoms with Gasteiger partial charge >= 0.3 is 17.9 Å². The van der Waals surface area contributed by atoms with Gasteiger partial charge in [0.05, 0.1) is 18.6 Å². The number of aliphatic hydroxyl groups is 1. The number of fused-ring (bicyclic) bond motifs is 6. The largest absolute Gasteiger partial charge is 0.462 e. The van der Waals surface area contributed by atoms with Crippen LogP contribution in [0.1, 0.15) is 27.2 Å². The average molecular weight is 434 g/mol. The van der Waals surface area contributed by atoms with Gasteiger partial charge in [-0.05, 0) is 19.9 Å². The van der Waals surface area contributed by atoms with Crippen LogP contribution in [-0.4, -0.2) is 71.8 Å². The second-order valence-corrected chi connectivity index (χ2v) is 9.38. The lowest BCUT2D eigenvalue weighted by Crippen LogP contribution is -2.44. The van der Waals surface area contributed by atoms with E-state index in [0.29, 0.717) is 13.0 Å². The Balaban J connectivity index is 1.44. The van der Waals surface area contributed by atoms with Gasteiger partial charge in [-0.15, -0.1) is 0 Å². The van der Waals surface area contributed by atoms with Crippen molar-refractivity contribution in [3.63, 3.8) is 0 Å². The molecule has 5 aliphatic rings. The number of ether oxygens (including phenoxy) is 5. The summed E-state index contributed by atoms with van der Waals surface area (Å²) in [6.45, 7) is 9.07. The van der Waals surface area contributed by atoms with Crippen LogP contribution < -0.4 is 0 Å². The highest BCUT2D eigenvalue weighted by molar-refractivity contribution is 5.92. The number of carbonyl (C=O) groups is 3. The van der Waals surface area contributed by atoms with E-state index in [1.54, 1.807) is 6.92 Å². The highest BCUT2D eigenvalue weighted by Gasteiger charge is 2.81. The Morgan fingerprint density at radius 3 is 2.68 bits per heavy atom. The van der Waals surface area contributed by atoms with Gasteiger partial charge in [-0.3, -0.25) is 4.79 Å². The predicted molar refractivity (Wildman–Crippen MR) is 102 cm³/mol. The maximum Gasteiger partial charge on any atom is 0.334 e. The minimum atomic E-state index is -0.745. The third-order valence-corrected chi connectivity index (χ3v) is 7.56. The zero-order chi connectivity index (χ0) is 22.3. The SMILES string of the molecule is C=C1C(=O)O[C@H]2C1[C@H](OC(=O)C(C)=CCOC(C)=O)C[C@]1(CO1)[C@@H]1[C@H](O)[C@H]3O[C@@]3(C)[C@@H]12. The molecule has 2 aliphatic carbocycles. The summed E-state index contributed by atoms with van der Waals surface area (Å²) >= 11 is 0. The highest BCUT2D eigenvalue weighted by atomic mass is 16.6. The first-order valence-electron chi connectivity index (χ1n) is 10.5. The molecule has 168 valence electrons. The van der Waals surface area contributed by atoms with Gasteiger partial charge in [-0.1, -0.05) is 6.58 Å². The molecule has 9 heteroatoms. The molecule has 9 atom stereocenters. The van der Waals surface area contributed by atoms with Crippen molar-refractivity contribution in [1.82, 2.24) is 0 Å². The molecule has 9 nitrogen and oxygen atoms in total. The maximum absolute atomic E-state index is 12.8. The lowest BCUT2D eigenvalue weighted by Gasteiger charge is -2.33. The minimum absolute atomic E-state index is 0.0399. The van der Waals surface area contributed by atoms with Gasteiger partial charge < -0.3 is 28.8 Å². The lowest BCUT2D eigenvalue weighted by molar-refractivity contribution is -0.150. The second-order valence-electron chi connectivity index (χ2n) is 9.38. The van der Waals surface area contributed by atoms with E-state index in [1.165, 1.54) is 13.0 Å². The van der Waals surface area contributed by atoms with Crippen molar-refractivity contribution >= 4 is 17.9 Å². The Labute approximate surface area is 179 Å². The zero-order valence-corrected chi connectivity index (χ0v) is 17.7. The molecule has 0 aromatic carbocycles. The van der Waals surface area contributed by atoms with Gasteiger partial charge in [0, 0.05) is 36.3 Å². The Morgan fingerprint density at radius 2 is 2.03 bits per heavy atom. The van der Waals surface area contributed by atoms with Gasteiger partial charge in [-0.2, -0.15) is 0 Å². The van der Waals surface area contributed by atoms with Gasteiger partial charge in [-0.25, -0.2) is 9.59 Å². The number of rotatable bonds is 4. The summed E-state index contributed by atoms with van der Waals surface area (Å²) in [6, 6.07) is 0. The standard InChI is InChI=1S/C22H26O9/c1-9(5-6-27-11(3)23)19(25)29-12-7-22(8-28-22)14-15(21(4)18(31-21)16(14)24)17-13(12)10(2)20(26)30-17/h5,12-18,24H,2,6-8H2,1,3-4H3/t12-,13?,14+,15+,16+,17+,18-,21+,22+/m1/s1. The fourth-order valence-electron chi connectivity index (χ4n) is 5.90. The van der Waals surface area contributed by atoms with Crippen molar-refractivity contribution < 1.29 is 43.2 Å². The summed E-state index contributed by atoms with van der Waals surface area (Å²) in [5, 5.41) is 10.9. The molecule has 0 amide bonds. The van der Waals surface area contributed by atoms with Crippen molar-refractivity contribution in [2.75, 3.05) is 13.2 Å². The van der Waals surface area contributed by atoms with E-state index in [2.05, 4.69) is 6.58 Å². The predicted octanol–water partition coefficient (Wildman–Crippen LogP) is 0.442. The molecule has 5 fully saturated rings. The normalized spacial score (nSPS) is 47.1. The van der Waals surface area contributed by atoms with Crippen LogP contribution in [0.15, 0.2) is 23.8 Å². The fraction of sp³-hybridized carbons (Fsp3) is 0.682. The van der Waals surface area contributed by atoms with E-state index in [9.17, 15) is 19.5 Å². The van der Waals surface area contributed by atoms with E-state index in [0.717, 1.165) is 0 Å². The van der Waals surface area contributed by atoms with Crippen molar-refractivity contribution in [2.24, 2.45) is 17.8 Å². The van der Waals surface area contributed by atoms with Gasteiger partial charge in [0.2, 0.25) is 0 Å². The summed E-state index contributed by atoms with van der Waals surface area (Å²) in [7, 11) is 0. The van der Waals surface area contributed by atoms with Crippen molar-refractivity contribution in [2.45, 2.75) is 62.8 Å². The molecule has 0 bridgehead atoms. The first-order valence-corrected chi connectivity index (χ1v) is 10.5. The monoisotopic (exact) mass is 434 g/mol. The Bertz CT molecular complexity index is 903. The summed E-state index contributed by atoms with van der Waals surface area (Å²) in [4.78, 5) is 36.1. The Kier molecular flexibility index (Phi) is 4.42. The van der Waals surface area contributed by atoms with E-state index in [4.69, 9.17) is 23.7 Å².